The Hall–Kier alpha value is -0.580. The number of nitrogens with one attached hydrogen (secondary N) is 1. The summed E-state index contributed by atoms with van der Waals surface area (Å²) in [5.41, 5.74) is 1.33. The molecule has 0 bridgehead atoms. The van der Waals surface area contributed by atoms with Gasteiger partial charge in [0.15, 0.2) is 0 Å². The number of nitrogens with zero attached hydrogens (tertiary/aromatic N) is 1. The number of halogens is 1. The minimum Gasteiger partial charge on any atom is -0.497 e. The molecule has 0 saturated carbocycles. The highest BCUT2D eigenvalue weighted by atomic mass is 79.9. The van der Waals surface area contributed by atoms with Crippen molar-refractivity contribution in [3.05, 3.63) is 28.2 Å². The van der Waals surface area contributed by atoms with E-state index in [0.717, 1.165) is 24.3 Å². The molecule has 2 saturated heterocycles. The SMILES string of the molecule is COc1ccc(Br)c(CN2CCC3NCCCC3C2)c1. The summed E-state index contributed by atoms with van der Waals surface area (Å²) in [5, 5.41) is 3.68. The first-order valence-corrected chi connectivity index (χ1v) is 8.33. The first-order valence-electron chi connectivity index (χ1n) is 7.54. The van der Waals surface area contributed by atoms with Gasteiger partial charge in [-0.15, -0.1) is 0 Å². The Bertz CT molecular complexity index is 466. The number of ether oxygens (including phenoxy) is 1. The van der Waals surface area contributed by atoms with Crippen LogP contribution in [0.2, 0.25) is 0 Å². The first-order chi connectivity index (χ1) is 9.76. The molecule has 20 heavy (non-hydrogen) atoms. The molecule has 2 aliphatic heterocycles. The number of fused-ring (bicyclic) bond motifs is 1. The number of rotatable bonds is 3. The van der Waals surface area contributed by atoms with E-state index in [0.29, 0.717) is 0 Å². The molecule has 110 valence electrons. The summed E-state index contributed by atoms with van der Waals surface area (Å²) in [6, 6.07) is 7.00. The standard InChI is InChI=1S/C16H23BrN2O/c1-20-14-4-5-15(17)13(9-14)11-19-8-6-16-12(10-19)3-2-7-18-16/h4-5,9,12,16,18H,2-3,6-8,10-11H2,1H3. The molecule has 4 heteroatoms. The highest BCUT2D eigenvalue weighted by Crippen LogP contribution is 2.28. The van der Waals surface area contributed by atoms with Crippen LogP contribution in [-0.4, -0.2) is 37.7 Å². The Morgan fingerprint density at radius 3 is 3.15 bits per heavy atom. The second-order valence-electron chi connectivity index (χ2n) is 5.94. The Balaban J connectivity index is 1.66. The van der Waals surface area contributed by atoms with Crippen LogP contribution < -0.4 is 10.1 Å². The Morgan fingerprint density at radius 2 is 2.30 bits per heavy atom. The Kier molecular flexibility index (Phi) is 4.64. The predicted octanol–water partition coefficient (Wildman–Crippen LogP) is 3.03. The largest absolute Gasteiger partial charge is 0.497 e. The third kappa shape index (κ3) is 3.18. The van der Waals surface area contributed by atoms with Gasteiger partial charge in [-0.2, -0.15) is 0 Å². The summed E-state index contributed by atoms with van der Waals surface area (Å²) in [6.07, 6.45) is 4.00. The summed E-state index contributed by atoms with van der Waals surface area (Å²) < 4.78 is 6.52. The van der Waals surface area contributed by atoms with Crippen molar-refractivity contribution in [1.29, 1.82) is 0 Å². The van der Waals surface area contributed by atoms with E-state index in [1.165, 1.54) is 48.9 Å². The second kappa shape index (κ2) is 6.46. The van der Waals surface area contributed by atoms with E-state index >= 15 is 0 Å². The molecule has 2 unspecified atom stereocenters. The molecule has 2 fully saturated rings. The molecule has 2 aliphatic rings. The van der Waals surface area contributed by atoms with Crippen LogP contribution >= 0.6 is 15.9 Å². The molecule has 0 aliphatic carbocycles. The number of hydrogen-bond acceptors (Lipinski definition) is 3. The molecule has 2 heterocycles. The zero-order valence-corrected chi connectivity index (χ0v) is 13.7. The van der Waals surface area contributed by atoms with E-state index in [2.05, 4.69) is 38.3 Å². The Labute approximate surface area is 129 Å². The van der Waals surface area contributed by atoms with Crippen LogP contribution in [0.15, 0.2) is 22.7 Å². The van der Waals surface area contributed by atoms with Crippen molar-refractivity contribution in [2.75, 3.05) is 26.7 Å². The van der Waals surface area contributed by atoms with Gasteiger partial charge in [0.25, 0.3) is 0 Å². The van der Waals surface area contributed by atoms with Gasteiger partial charge in [-0.1, -0.05) is 15.9 Å². The molecule has 0 radical (unpaired) electrons. The fraction of sp³-hybridized carbons (Fsp3) is 0.625. The van der Waals surface area contributed by atoms with Gasteiger partial charge in [0.05, 0.1) is 7.11 Å². The number of likely N-dealkylation sites (tertiary alicyclic amines) is 1. The topological polar surface area (TPSA) is 24.5 Å². The highest BCUT2D eigenvalue weighted by molar-refractivity contribution is 9.10. The van der Waals surface area contributed by atoms with Gasteiger partial charge in [-0.05, 0) is 62.0 Å². The number of hydrogen-bond donors (Lipinski definition) is 1. The third-order valence-electron chi connectivity index (χ3n) is 4.62. The lowest BCUT2D eigenvalue weighted by Crippen LogP contribution is -2.51. The fourth-order valence-electron chi connectivity index (χ4n) is 3.50. The number of piperidine rings is 2. The summed E-state index contributed by atoms with van der Waals surface area (Å²) in [6.45, 7) is 4.64. The smallest absolute Gasteiger partial charge is 0.119 e. The van der Waals surface area contributed by atoms with E-state index in [1.54, 1.807) is 7.11 Å². The molecule has 1 N–H and O–H groups in total. The van der Waals surface area contributed by atoms with Crippen LogP contribution in [0.4, 0.5) is 0 Å². The lowest BCUT2D eigenvalue weighted by Gasteiger charge is -2.42. The first kappa shape index (κ1) is 14.4. The van der Waals surface area contributed by atoms with Crippen molar-refractivity contribution in [3.8, 4) is 5.75 Å². The van der Waals surface area contributed by atoms with Gasteiger partial charge >= 0.3 is 0 Å². The average molecular weight is 339 g/mol. The van der Waals surface area contributed by atoms with Crippen molar-refractivity contribution in [2.24, 2.45) is 5.92 Å². The van der Waals surface area contributed by atoms with Crippen LogP contribution in [-0.2, 0) is 6.54 Å². The van der Waals surface area contributed by atoms with Gasteiger partial charge in [-0.3, -0.25) is 4.90 Å². The minimum absolute atomic E-state index is 0.758. The Morgan fingerprint density at radius 1 is 1.40 bits per heavy atom. The van der Waals surface area contributed by atoms with Crippen LogP contribution in [0.1, 0.15) is 24.8 Å². The molecule has 3 rings (SSSR count). The molecule has 2 atom stereocenters. The van der Waals surface area contributed by atoms with Crippen LogP contribution in [0.3, 0.4) is 0 Å². The van der Waals surface area contributed by atoms with E-state index in [9.17, 15) is 0 Å². The quantitative estimate of drug-likeness (QED) is 0.916. The summed E-state index contributed by atoms with van der Waals surface area (Å²) >= 11 is 3.66. The molecule has 1 aromatic carbocycles. The molecular weight excluding hydrogens is 316 g/mol. The zero-order chi connectivity index (χ0) is 13.9. The van der Waals surface area contributed by atoms with E-state index in [1.807, 2.05) is 6.07 Å². The van der Waals surface area contributed by atoms with Gasteiger partial charge in [0.2, 0.25) is 0 Å². The maximum atomic E-state index is 5.34. The summed E-state index contributed by atoms with van der Waals surface area (Å²) in [5.74, 6) is 1.78. The molecule has 1 aromatic rings. The second-order valence-corrected chi connectivity index (χ2v) is 6.80. The maximum absolute atomic E-state index is 5.34. The van der Waals surface area contributed by atoms with Gasteiger partial charge in [0.1, 0.15) is 5.75 Å². The van der Waals surface area contributed by atoms with E-state index in [-0.39, 0.29) is 0 Å². The molecule has 3 nitrogen and oxygen atoms in total. The monoisotopic (exact) mass is 338 g/mol. The lowest BCUT2D eigenvalue weighted by molar-refractivity contribution is 0.108. The van der Waals surface area contributed by atoms with Gasteiger partial charge < -0.3 is 10.1 Å². The van der Waals surface area contributed by atoms with Gasteiger partial charge in [-0.25, -0.2) is 0 Å². The molecule has 0 amide bonds. The van der Waals surface area contributed by atoms with E-state index in [4.69, 9.17) is 4.74 Å². The molecule has 0 aromatic heterocycles. The summed E-state index contributed by atoms with van der Waals surface area (Å²) in [7, 11) is 1.73. The third-order valence-corrected chi connectivity index (χ3v) is 5.40. The maximum Gasteiger partial charge on any atom is 0.119 e. The van der Waals surface area contributed by atoms with Crippen LogP contribution in [0, 0.1) is 5.92 Å². The number of methoxy groups -OCH3 is 1. The average Bonchev–Trinajstić information content (AvgIpc) is 2.49. The van der Waals surface area contributed by atoms with Crippen molar-refractivity contribution in [3.63, 3.8) is 0 Å². The van der Waals surface area contributed by atoms with Crippen molar-refractivity contribution in [1.82, 2.24) is 10.2 Å². The van der Waals surface area contributed by atoms with Crippen molar-refractivity contribution >= 4 is 15.9 Å². The highest BCUT2D eigenvalue weighted by Gasteiger charge is 2.30. The van der Waals surface area contributed by atoms with Crippen molar-refractivity contribution < 1.29 is 4.74 Å². The normalized spacial score (nSPS) is 27.1. The lowest BCUT2D eigenvalue weighted by atomic mass is 9.85. The van der Waals surface area contributed by atoms with Crippen LogP contribution in [0.25, 0.3) is 0 Å². The number of benzene rings is 1. The van der Waals surface area contributed by atoms with E-state index < -0.39 is 0 Å². The van der Waals surface area contributed by atoms with Crippen molar-refractivity contribution in [2.45, 2.75) is 31.8 Å². The predicted molar refractivity (Wildman–Crippen MR) is 85.1 cm³/mol. The molecule has 0 spiro atoms. The fourth-order valence-corrected chi connectivity index (χ4v) is 3.88. The van der Waals surface area contributed by atoms with Crippen LogP contribution in [0.5, 0.6) is 5.75 Å². The van der Waals surface area contributed by atoms with Gasteiger partial charge in [0, 0.05) is 23.6 Å². The zero-order valence-electron chi connectivity index (χ0n) is 12.1. The molecular formula is C16H23BrN2O. The minimum atomic E-state index is 0.758. The summed E-state index contributed by atoms with van der Waals surface area (Å²) in [4.78, 5) is 2.59.